The quantitative estimate of drug-likeness (QED) is 0.713. The molecule has 0 aromatic rings. The van der Waals surface area contributed by atoms with E-state index in [1.807, 2.05) is 6.92 Å². The topological polar surface area (TPSA) is 20.2 Å². The minimum atomic E-state index is -4.11. The van der Waals surface area contributed by atoms with E-state index in [-0.39, 0.29) is 30.0 Å². The Morgan fingerprint density at radius 2 is 1.92 bits per heavy atom. The molecule has 1 N–H and O–H groups in total. The summed E-state index contributed by atoms with van der Waals surface area (Å²) < 4.78 is 34.9. The molecule has 0 heterocycles. The maximum atomic E-state index is 11.6. The Bertz CT molecular complexity index is 129. The summed E-state index contributed by atoms with van der Waals surface area (Å²) in [6.45, 7) is 1.96. The molecule has 0 aliphatic carbocycles. The van der Waals surface area contributed by atoms with Gasteiger partial charge in [0.05, 0.1) is 0 Å². The van der Waals surface area contributed by atoms with Crippen molar-refractivity contribution in [2.45, 2.75) is 12.4 Å². The fourth-order valence-corrected chi connectivity index (χ4v) is 2.26. The first-order chi connectivity index (χ1) is 5.95. The average Bonchev–Trinajstić information content (AvgIpc) is 2.01. The number of aliphatic hydroxyl groups is 1. The van der Waals surface area contributed by atoms with E-state index in [2.05, 4.69) is 0 Å². The Kier molecular flexibility index (Phi) is 7.07. The second-order valence-electron chi connectivity index (χ2n) is 2.66. The molecule has 1 atom stereocenters. The maximum absolute atomic E-state index is 11.6. The third-order valence-electron chi connectivity index (χ3n) is 1.21. The number of halogens is 3. The smallest absolute Gasteiger partial charge is 0.396 e. The van der Waals surface area contributed by atoms with Gasteiger partial charge in [-0.25, -0.2) is 0 Å². The van der Waals surface area contributed by atoms with Crippen molar-refractivity contribution in [2.75, 3.05) is 23.9 Å². The standard InChI is InChI=1S/C7H13F3OS2/c1-6(4-11)5-12-2-3-13-7(8,9)10/h6,11H,2-5H2,1H3. The van der Waals surface area contributed by atoms with Gasteiger partial charge in [0.1, 0.15) is 0 Å². The monoisotopic (exact) mass is 234 g/mol. The maximum Gasteiger partial charge on any atom is 0.441 e. The van der Waals surface area contributed by atoms with Crippen molar-refractivity contribution in [3.05, 3.63) is 0 Å². The Morgan fingerprint density at radius 1 is 1.31 bits per heavy atom. The minimum absolute atomic E-state index is 0.00950. The van der Waals surface area contributed by atoms with E-state index in [9.17, 15) is 13.2 Å². The lowest BCUT2D eigenvalue weighted by Crippen LogP contribution is -2.06. The molecule has 80 valence electrons. The zero-order valence-corrected chi connectivity index (χ0v) is 8.94. The Hall–Kier alpha value is 0.450. The third kappa shape index (κ3) is 10.4. The first-order valence-corrected chi connectivity index (χ1v) is 5.99. The van der Waals surface area contributed by atoms with Crippen LogP contribution in [-0.4, -0.2) is 34.5 Å². The molecule has 0 saturated carbocycles. The molecule has 0 bridgehead atoms. The van der Waals surface area contributed by atoms with Gasteiger partial charge in [0.2, 0.25) is 0 Å². The first kappa shape index (κ1) is 13.4. The number of thioether (sulfide) groups is 2. The zero-order valence-electron chi connectivity index (χ0n) is 7.30. The molecule has 0 aromatic heterocycles. The van der Waals surface area contributed by atoms with Crippen LogP contribution < -0.4 is 0 Å². The van der Waals surface area contributed by atoms with Gasteiger partial charge in [-0.3, -0.25) is 0 Å². The molecule has 0 aromatic carbocycles. The molecule has 0 aliphatic heterocycles. The summed E-state index contributed by atoms with van der Waals surface area (Å²) in [6.07, 6.45) is 0. The highest BCUT2D eigenvalue weighted by atomic mass is 32.2. The predicted octanol–water partition coefficient (Wildman–Crippen LogP) is 2.60. The van der Waals surface area contributed by atoms with Crippen LogP contribution in [0.2, 0.25) is 0 Å². The number of hydrogen-bond acceptors (Lipinski definition) is 3. The van der Waals surface area contributed by atoms with Gasteiger partial charge in [-0.1, -0.05) is 18.7 Å². The van der Waals surface area contributed by atoms with Crippen LogP contribution in [-0.2, 0) is 0 Å². The van der Waals surface area contributed by atoms with Gasteiger partial charge in [-0.15, -0.1) is 0 Å². The van der Waals surface area contributed by atoms with Crippen LogP contribution in [0.3, 0.4) is 0 Å². The van der Waals surface area contributed by atoms with Gasteiger partial charge in [0.25, 0.3) is 0 Å². The fourth-order valence-electron chi connectivity index (χ4n) is 0.554. The zero-order chi connectivity index (χ0) is 10.3. The molecule has 6 heteroatoms. The predicted molar refractivity (Wildman–Crippen MR) is 52.1 cm³/mol. The fraction of sp³-hybridized carbons (Fsp3) is 1.00. The van der Waals surface area contributed by atoms with E-state index < -0.39 is 5.51 Å². The molecule has 1 nitrogen and oxygen atoms in total. The van der Waals surface area contributed by atoms with E-state index in [1.54, 1.807) is 0 Å². The largest absolute Gasteiger partial charge is 0.441 e. The van der Waals surface area contributed by atoms with E-state index in [0.717, 1.165) is 5.75 Å². The normalized spacial score (nSPS) is 14.5. The average molecular weight is 234 g/mol. The molecule has 13 heavy (non-hydrogen) atoms. The summed E-state index contributed by atoms with van der Waals surface area (Å²) in [5.74, 6) is 1.45. The molecule has 0 rings (SSSR count). The highest BCUT2D eigenvalue weighted by molar-refractivity contribution is 8.03. The third-order valence-corrected chi connectivity index (χ3v) is 3.50. The SMILES string of the molecule is CC(CO)CSCCSC(F)(F)F. The molecule has 1 unspecified atom stereocenters. The van der Waals surface area contributed by atoms with Gasteiger partial charge < -0.3 is 5.11 Å². The summed E-state index contributed by atoms with van der Waals surface area (Å²) in [6, 6.07) is 0. The van der Waals surface area contributed by atoms with Crippen molar-refractivity contribution in [1.29, 1.82) is 0 Å². The highest BCUT2D eigenvalue weighted by Gasteiger charge is 2.27. The minimum Gasteiger partial charge on any atom is -0.396 e. The van der Waals surface area contributed by atoms with Gasteiger partial charge in [0.15, 0.2) is 0 Å². The Balaban J connectivity index is 3.18. The van der Waals surface area contributed by atoms with E-state index in [1.165, 1.54) is 11.8 Å². The van der Waals surface area contributed by atoms with Crippen LogP contribution >= 0.6 is 23.5 Å². The van der Waals surface area contributed by atoms with E-state index in [4.69, 9.17) is 5.11 Å². The van der Waals surface area contributed by atoms with Gasteiger partial charge >= 0.3 is 5.51 Å². The summed E-state index contributed by atoms with van der Waals surface area (Å²) in [4.78, 5) is 0. The Labute approximate surface area is 84.5 Å². The molecule has 0 fully saturated rings. The second kappa shape index (κ2) is 6.84. The van der Waals surface area contributed by atoms with Crippen molar-refractivity contribution in [2.24, 2.45) is 5.92 Å². The number of rotatable bonds is 6. The second-order valence-corrected chi connectivity index (χ2v) is 4.97. The molecule has 0 saturated heterocycles. The van der Waals surface area contributed by atoms with Crippen LogP contribution in [0, 0.1) is 5.92 Å². The summed E-state index contributed by atoms with van der Waals surface area (Å²) in [5.41, 5.74) is -4.11. The van der Waals surface area contributed by atoms with Crippen LogP contribution in [0.1, 0.15) is 6.92 Å². The number of aliphatic hydroxyl groups excluding tert-OH is 1. The molecule has 0 amide bonds. The molecule has 0 radical (unpaired) electrons. The molecular weight excluding hydrogens is 221 g/mol. The van der Waals surface area contributed by atoms with Crippen LogP contribution in [0.4, 0.5) is 13.2 Å². The number of alkyl halides is 3. The lowest BCUT2D eigenvalue weighted by atomic mass is 10.2. The van der Waals surface area contributed by atoms with Crippen molar-refractivity contribution < 1.29 is 18.3 Å². The first-order valence-electron chi connectivity index (χ1n) is 3.85. The number of hydrogen-bond donors (Lipinski definition) is 1. The van der Waals surface area contributed by atoms with Crippen LogP contribution in [0.5, 0.6) is 0 Å². The van der Waals surface area contributed by atoms with E-state index in [0.29, 0.717) is 5.75 Å². The lowest BCUT2D eigenvalue weighted by molar-refractivity contribution is -0.0326. The van der Waals surface area contributed by atoms with E-state index >= 15 is 0 Å². The van der Waals surface area contributed by atoms with Crippen molar-refractivity contribution >= 4 is 23.5 Å². The Morgan fingerprint density at radius 3 is 2.38 bits per heavy atom. The van der Waals surface area contributed by atoms with Gasteiger partial charge in [-0.2, -0.15) is 24.9 Å². The molecular formula is C7H13F3OS2. The highest BCUT2D eigenvalue weighted by Crippen LogP contribution is 2.30. The van der Waals surface area contributed by atoms with Crippen molar-refractivity contribution in [3.8, 4) is 0 Å². The van der Waals surface area contributed by atoms with Gasteiger partial charge in [0, 0.05) is 18.1 Å². The summed E-state index contributed by atoms with van der Waals surface area (Å²) in [5, 5.41) is 8.62. The van der Waals surface area contributed by atoms with Crippen molar-refractivity contribution in [1.82, 2.24) is 0 Å². The summed E-state index contributed by atoms with van der Waals surface area (Å²) >= 11 is 1.46. The summed E-state index contributed by atoms with van der Waals surface area (Å²) in [7, 11) is 0. The van der Waals surface area contributed by atoms with Crippen molar-refractivity contribution in [3.63, 3.8) is 0 Å². The molecule has 0 spiro atoms. The van der Waals surface area contributed by atoms with Crippen LogP contribution in [0.25, 0.3) is 0 Å². The van der Waals surface area contributed by atoms with Crippen LogP contribution in [0.15, 0.2) is 0 Å². The molecule has 0 aliphatic rings. The van der Waals surface area contributed by atoms with Gasteiger partial charge in [-0.05, 0) is 11.7 Å². The lowest BCUT2D eigenvalue weighted by Gasteiger charge is -2.07.